The second kappa shape index (κ2) is 6.34. The van der Waals surface area contributed by atoms with Gasteiger partial charge in [0, 0.05) is 26.2 Å². The summed E-state index contributed by atoms with van der Waals surface area (Å²) in [6.45, 7) is 8.84. The molecule has 0 spiro atoms. The standard InChI is InChI=1S/C15H24N2O3S/c1-5-20-14-10-13(3)15(11-12(14)2)21(18,19)17-8-6-16(4)7-9-17/h10-11H,5-9H2,1-4H3. The molecular weight excluding hydrogens is 288 g/mol. The van der Waals surface area contributed by atoms with Gasteiger partial charge in [-0.2, -0.15) is 4.31 Å². The second-order valence-corrected chi connectivity index (χ2v) is 7.43. The fourth-order valence-electron chi connectivity index (χ4n) is 2.52. The minimum atomic E-state index is -3.42. The van der Waals surface area contributed by atoms with Crippen LogP contribution in [-0.2, 0) is 10.0 Å². The molecule has 2 rings (SSSR count). The average molecular weight is 312 g/mol. The van der Waals surface area contributed by atoms with Gasteiger partial charge >= 0.3 is 0 Å². The number of piperazine rings is 1. The average Bonchev–Trinajstić information content (AvgIpc) is 2.43. The molecule has 0 amide bonds. The van der Waals surface area contributed by atoms with Crippen LogP contribution in [0.5, 0.6) is 5.75 Å². The highest BCUT2D eigenvalue weighted by Gasteiger charge is 2.29. The van der Waals surface area contributed by atoms with Crippen molar-refractivity contribution in [2.24, 2.45) is 0 Å². The Balaban J connectivity index is 2.34. The van der Waals surface area contributed by atoms with Gasteiger partial charge in [0.15, 0.2) is 0 Å². The topological polar surface area (TPSA) is 49.9 Å². The summed E-state index contributed by atoms with van der Waals surface area (Å²) in [6.07, 6.45) is 0. The summed E-state index contributed by atoms with van der Waals surface area (Å²) in [6, 6.07) is 3.55. The van der Waals surface area contributed by atoms with Crippen molar-refractivity contribution in [2.75, 3.05) is 39.8 Å². The number of benzene rings is 1. The smallest absolute Gasteiger partial charge is 0.243 e. The Bertz CT molecular complexity index is 606. The Morgan fingerprint density at radius 3 is 2.29 bits per heavy atom. The van der Waals surface area contributed by atoms with E-state index in [1.165, 1.54) is 0 Å². The first-order valence-corrected chi connectivity index (χ1v) is 8.73. The second-order valence-electron chi connectivity index (χ2n) is 5.52. The van der Waals surface area contributed by atoms with E-state index in [1.807, 2.05) is 33.9 Å². The van der Waals surface area contributed by atoms with E-state index in [2.05, 4.69) is 4.90 Å². The van der Waals surface area contributed by atoms with Crippen molar-refractivity contribution in [3.8, 4) is 5.75 Å². The highest BCUT2D eigenvalue weighted by Crippen LogP contribution is 2.28. The predicted octanol–water partition coefficient (Wildman–Crippen LogP) is 1.64. The first kappa shape index (κ1) is 16.3. The fourth-order valence-corrected chi connectivity index (χ4v) is 4.23. The molecule has 0 aromatic heterocycles. The molecule has 1 aromatic rings. The van der Waals surface area contributed by atoms with Crippen LogP contribution >= 0.6 is 0 Å². The van der Waals surface area contributed by atoms with E-state index in [0.717, 1.165) is 30.0 Å². The number of hydrogen-bond acceptors (Lipinski definition) is 4. The number of hydrogen-bond donors (Lipinski definition) is 0. The minimum absolute atomic E-state index is 0.396. The Labute approximate surface area is 127 Å². The van der Waals surface area contributed by atoms with Crippen LogP contribution in [0.15, 0.2) is 17.0 Å². The van der Waals surface area contributed by atoms with E-state index < -0.39 is 10.0 Å². The lowest BCUT2D eigenvalue weighted by molar-refractivity contribution is 0.222. The molecule has 0 aliphatic carbocycles. The summed E-state index contributed by atoms with van der Waals surface area (Å²) in [5.74, 6) is 0.757. The lowest BCUT2D eigenvalue weighted by Crippen LogP contribution is -2.47. The van der Waals surface area contributed by atoms with Crippen LogP contribution in [0.2, 0.25) is 0 Å². The fraction of sp³-hybridized carbons (Fsp3) is 0.600. The zero-order valence-corrected chi connectivity index (χ0v) is 14.0. The maximum atomic E-state index is 12.8. The van der Waals surface area contributed by atoms with E-state index >= 15 is 0 Å². The highest BCUT2D eigenvalue weighted by atomic mass is 32.2. The summed E-state index contributed by atoms with van der Waals surface area (Å²) >= 11 is 0. The zero-order valence-electron chi connectivity index (χ0n) is 13.2. The minimum Gasteiger partial charge on any atom is -0.494 e. The first-order chi connectivity index (χ1) is 9.86. The summed E-state index contributed by atoms with van der Waals surface area (Å²) in [7, 11) is -1.41. The van der Waals surface area contributed by atoms with Crippen LogP contribution in [0.3, 0.4) is 0 Å². The molecule has 21 heavy (non-hydrogen) atoms. The summed E-state index contributed by atoms with van der Waals surface area (Å²) < 4.78 is 32.7. The van der Waals surface area contributed by atoms with Crippen molar-refractivity contribution >= 4 is 10.0 Å². The van der Waals surface area contributed by atoms with E-state index in [1.54, 1.807) is 10.4 Å². The van der Waals surface area contributed by atoms with Crippen LogP contribution in [0, 0.1) is 13.8 Å². The van der Waals surface area contributed by atoms with Gasteiger partial charge in [-0.25, -0.2) is 8.42 Å². The molecule has 1 heterocycles. The number of ether oxygens (including phenoxy) is 1. The highest BCUT2D eigenvalue weighted by molar-refractivity contribution is 7.89. The van der Waals surface area contributed by atoms with Gasteiger partial charge in [-0.3, -0.25) is 0 Å². The monoisotopic (exact) mass is 312 g/mol. The number of sulfonamides is 1. The number of likely N-dealkylation sites (N-methyl/N-ethyl adjacent to an activating group) is 1. The van der Waals surface area contributed by atoms with Gasteiger partial charge < -0.3 is 9.64 Å². The molecule has 1 aliphatic heterocycles. The Hall–Kier alpha value is -1.11. The zero-order chi connectivity index (χ0) is 15.6. The summed E-state index contributed by atoms with van der Waals surface area (Å²) in [4.78, 5) is 2.54. The third-order valence-corrected chi connectivity index (χ3v) is 5.89. The van der Waals surface area contributed by atoms with E-state index in [-0.39, 0.29) is 0 Å². The first-order valence-electron chi connectivity index (χ1n) is 7.29. The van der Waals surface area contributed by atoms with Crippen LogP contribution in [0.1, 0.15) is 18.1 Å². The Morgan fingerprint density at radius 1 is 1.10 bits per heavy atom. The molecule has 1 aromatic carbocycles. The van der Waals surface area contributed by atoms with Crippen molar-refractivity contribution in [1.29, 1.82) is 0 Å². The molecule has 6 heteroatoms. The van der Waals surface area contributed by atoms with Gasteiger partial charge in [0.25, 0.3) is 0 Å². The molecular formula is C15H24N2O3S. The lowest BCUT2D eigenvalue weighted by Gasteiger charge is -2.32. The molecule has 5 nitrogen and oxygen atoms in total. The van der Waals surface area contributed by atoms with E-state index in [4.69, 9.17) is 4.74 Å². The largest absolute Gasteiger partial charge is 0.494 e. The van der Waals surface area contributed by atoms with Gasteiger partial charge in [-0.1, -0.05) is 0 Å². The van der Waals surface area contributed by atoms with Crippen molar-refractivity contribution in [2.45, 2.75) is 25.7 Å². The van der Waals surface area contributed by atoms with Gasteiger partial charge in [0.1, 0.15) is 5.75 Å². The van der Waals surface area contributed by atoms with Crippen molar-refractivity contribution in [3.05, 3.63) is 23.3 Å². The number of aryl methyl sites for hydroxylation is 2. The van der Waals surface area contributed by atoms with E-state index in [0.29, 0.717) is 24.6 Å². The van der Waals surface area contributed by atoms with Crippen molar-refractivity contribution < 1.29 is 13.2 Å². The Morgan fingerprint density at radius 2 is 1.71 bits per heavy atom. The van der Waals surface area contributed by atoms with Crippen LogP contribution in [0.25, 0.3) is 0 Å². The molecule has 0 saturated carbocycles. The van der Waals surface area contributed by atoms with Gasteiger partial charge in [-0.15, -0.1) is 0 Å². The number of rotatable bonds is 4. The summed E-state index contributed by atoms with van der Waals surface area (Å²) in [5, 5.41) is 0. The molecule has 1 aliphatic rings. The van der Waals surface area contributed by atoms with Crippen LogP contribution < -0.4 is 4.74 Å². The molecule has 0 atom stereocenters. The van der Waals surface area contributed by atoms with Crippen LogP contribution in [0.4, 0.5) is 0 Å². The molecule has 0 unspecified atom stereocenters. The predicted molar refractivity (Wildman–Crippen MR) is 83.3 cm³/mol. The Kier molecular flexibility index (Phi) is 4.91. The lowest BCUT2D eigenvalue weighted by atomic mass is 10.1. The third kappa shape index (κ3) is 3.39. The molecule has 1 fully saturated rings. The maximum absolute atomic E-state index is 12.8. The van der Waals surface area contributed by atoms with E-state index in [9.17, 15) is 8.42 Å². The number of nitrogens with zero attached hydrogens (tertiary/aromatic N) is 2. The molecule has 0 N–H and O–H groups in total. The normalized spacial score (nSPS) is 17.9. The molecule has 0 radical (unpaired) electrons. The molecule has 0 bridgehead atoms. The van der Waals surface area contributed by atoms with Crippen molar-refractivity contribution in [3.63, 3.8) is 0 Å². The summed E-state index contributed by atoms with van der Waals surface area (Å²) in [5.41, 5.74) is 1.60. The van der Waals surface area contributed by atoms with Crippen LogP contribution in [-0.4, -0.2) is 57.5 Å². The SMILES string of the molecule is CCOc1cc(C)c(S(=O)(=O)N2CCN(C)CC2)cc1C. The van der Waals surface area contributed by atoms with Gasteiger partial charge in [0.05, 0.1) is 11.5 Å². The van der Waals surface area contributed by atoms with Gasteiger partial charge in [-0.05, 0) is 51.1 Å². The molecule has 118 valence electrons. The quantitative estimate of drug-likeness (QED) is 0.848. The van der Waals surface area contributed by atoms with Gasteiger partial charge in [0.2, 0.25) is 10.0 Å². The molecule has 1 saturated heterocycles. The van der Waals surface area contributed by atoms with Crippen molar-refractivity contribution in [1.82, 2.24) is 9.21 Å². The third-order valence-electron chi connectivity index (χ3n) is 3.85. The maximum Gasteiger partial charge on any atom is 0.243 e.